The zero-order valence-corrected chi connectivity index (χ0v) is 28.0. The van der Waals surface area contributed by atoms with Gasteiger partial charge in [-0.25, -0.2) is 12.8 Å². The lowest BCUT2D eigenvalue weighted by Gasteiger charge is -2.35. The molecule has 4 aromatic carbocycles. The minimum atomic E-state index is -4.30. The summed E-state index contributed by atoms with van der Waals surface area (Å²) in [6, 6.07) is 25.9. The fourth-order valence-electron chi connectivity index (χ4n) is 5.78. The van der Waals surface area contributed by atoms with Crippen molar-refractivity contribution in [3.63, 3.8) is 0 Å². The summed E-state index contributed by atoms with van der Waals surface area (Å²) in [5, 5.41) is 3.80. The van der Waals surface area contributed by atoms with E-state index >= 15 is 0 Å². The number of nitrogens with zero attached hydrogens (tertiary/aromatic N) is 2. The Morgan fingerprint density at radius 3 is 2.15 bits per heavy atom. The van der Waals surface area contributed by atoms with Crippen LogP contribution in [0.25, 0.3) is 0 Å². The number of carbonyl (C=O) groups is 2. The van der Waals surface area contributed by atoms with Crippen LogP contribution < -0.4 is 9.62 Å². The Morgan fingerprint density at radius 1 is 0.809 bits per heavy atom. The van der Waals surface area contributed by atoms with Crippen molar-refractivity contribution in [3.05, 3.63) is 130 Å². The molecule has 0 saturated heterocycles. The summed E-state index contributed by atoms with van der Waals surface area (Å²) in [5.74, 6) is -1.39. The topological polar surface area (TPSA) is 86.8 Å². The lowest BCUT2D eigenvalue weighted by Crippen LogP contribution is -2.55. The van der Waals surface area contributed by atoms with E-state index in [0.29, 0.717) is 10.6 Å². The molecule has 0 aliphatic heterocycles. The van der Waals surface area contributed by atoms with Crippen LogP contribution in [-0.2, 0) is 32.6 Å². The van der Waals surface area contributed by atoms with Gasteiger partial charge >= 0.3 is 0 Å². The second-order valence-electron chi connectivity index (χ2n) is 11.6. The molecule has 2 amide bonds. The summed E-state index contributed by atoms with van der Waals surface area (Å²) in [6.07, 6.45) is 4.99. The lowest BCUT2D eigenvalue weighted by molar-refractivity contribution is -0.140. The van der Waals surface area contributed by atoms with E-state index in [1.165, 1.54) is 47.4 Å². The molecule has 0 bridgehead atoms. The van der Waals surface area contributed by atoms with Crippen LogP contribution in [0.2, 0.25) is 10.0 Å². The van der Waals surface area contributed by atoms with Gasteiger partial charge in [-0.2, -0.15) is 0 Å². The number of anilines is 1. The molecule has 0 unspecified atom stereocenters. The smallest absolute Gasteiger partial charge is 0.264 e. The van der Waals surface area contributed by atoms with Gasteiger partial charge in [0.1, 0.15) is 18.4 Å². The van der Waals surface area contributed by atoms with Crippen molar-refractivity contribution in [1.82, 2.24) is 10.2 Å². The van der Waals surface area contributed by atoms with Gasteiger partial charge in [0.15, 0.2) is 0 Å². The first-order chi connectivity index (χ1) is 22.6. The third kappa shape index (κ3) is 9.12. The first-order valence-electron chi connectivity index (χ1n) is 15.5. The second-order valence-corrected chi connectivity index (χ2v) is 14.4. The number of sulfonamides is 1. The SMILES string of the molecule is O=C(NC1CCCCC1)[C@H](Cc1ccccc1)N(Cc1ccc(F)cc1)C(=O)CN(c1cccc(Cl)c1)S(=O)(=O)c1ccc(Cl)cc1. The maximum absolute atomic E-state index is 14.6. The average Bonchev–Trinajstić information content (AvgIpc) is 3.07. The summed E-state index contributed by atoms with van der Waals surface area (Å²) in [5.41, 5.74) is 1.58. The summed E-state index contributed by atoms with van der Waals surface area (Å²) >= 11 is 12.3. The van der Waals surface area contributed by atoms with Gasteiger partial charge in [0.05, 0.1) is 10.6 Å². The molecule has 1 aliphatic carbocycles. The molecule has 1 fully saturated rings. The largest absolute Gasteiger partial charge is 0.352 e. The minimum absolute atomic E-state index is 0.0226. The Morgan fingerprint density at radius 2 is 1.49 bits per heavy atom. The van der Waals surface area contributed by atoms with E-state index in [1.807, 2.05) is 30.3 Å². The minimum Gasteiger partial charge on any atom is -0.352 e. The highest BCUT2D eigenvalue weighted by Crippen LogP contribution is 2.28. The highest BCUT2D eigenvalue weighted by atomic mass is 35.5. The van der Waals surface area contributed by atoms with Crippen molar-refractivity contribution >= 4 is 50.7 Å². The molecule has 0 heterocycles. The van der Waals surface area contributed by atoms with Crippen molar-refractivity contribution in [2.75, 3.05) is 10.8 Å². The molecule has 1 saturated carbocycles. The fraction of sp³-hybridized carbons (Fsp3) is 0.278. The molecule has 1 N–H and O–H groups in total. The molecule has 7 nitrogen and oxygen atoms in total. The normalized spacial score (nSPS) is 14.3. The van der Waals surface area contributed by atoms with Gasteiger partial charge in [0.2, 0.25) is 11.8 Å². The number of benzene rings is 4. The molecular weight excluding hydrogens is 660 g/mol. The average molecular weight is 697 g/mol. The van der Waals surface area contributed by atoms with Gasteiger partial charge in [-0.3, -0.25) is 13.9 Å². The molecule has 1 atom stereocenters. The van der Waals surface area contributed by atoms with Crippen LogP contribution in [0.15, 0.2) is 108 Å². The van der Waals surface area contributed by atoms with Gasteiger partial charge in [-0.1, -0.05) is 91.0 Å². The number of nitrogens with one attached hydrogen (secondary N) is 1. The number of carbonyl (C=O) groups excluding carboxylic acids is 2. The molecule has 1 aliphatic rings. The summed E-state index contributed by atoms with van der Waals surface area (Å²) < 4.78 is 43.1. The molecule has 0 aromatic heterocycles. The predicted molar refractivity (Wildman–Crippen MR) is 183 cm³/mol. The van der Waals surface area contributed by atoms with Crippen LogP contribution in [0.1, 0.15) is 43.2 Å². The highest BCUT2D eigenvalue weighted by molar-refractivity contribution is 7.92. The van der Waals surface area contributed by atoms with Crippen LogP contribution >= 0.6 is 23.2 Å². The first-order valence-corrected chi connectivity index (χ1v) is 17.7. The van der Waals surface area contributed by atoms with Gasteiger partial charge in [-0.05, 0) is 78.6 Å². The molecule has 47 heavy (non-hydrogen) atoms. The van der Waals surface area contributed by atoms with E-state index in [2.05, 4.69) is 5.32 Å². The van der Waals surface area contributed by atoms with Crippen LogP contribution in [0, 0.1) is 5.82 Å². The van der Waals surface area contributed by atoms with E-state index in [-0.39, 0.29) is 40.5 Å². The molecule has 4 aromatic rings. The molecule has 0 spiro atoms. The van der Waals surface area contributed by atoms with Gasteiger partial charge in [-0.15, -0.1) is 0 Å². The van der Waals surface area contributed by atoms with Crippen molar-refractivity contribution in [1.29, 1.82) is 0 Å². The second kappa shape index (κ2) is 15.8. The van der Waals surface area contributed by atoms with Crippen molar-refractivity contribution in [3.8, 4) is 0 Å². The molecule has 5 rings (SSSR count). The van der Waals surface area contributed by atoms with Crippen LogP contribution in [0.4, 0.5) is 10.1 Å². The Balaban J connectivity index is 1.56. The third-order valence-corrected chi connectivity index (χ3v) is 10.5. The monoisotopic (exact) mass is 695 g/mol. The van der Waals surface area contributed by atoms with E-state index in [9.17, 15) is 22.4 Å². The van der Waals surface area contributed by atoms with Crippen LogP contribution in [-0.4, -0.2) is 43.8 Å². The standard InChI is InChI=1S/C36H36Cl2FN3O4S/c37-28-16-20-33(21-17-28)47(45,46)42(32-13-7-10-29(38)23-32)25-35(43)41(24-27-14-18-30(39)19-15-27)34(22-26-8-3-1-4-9-26)36(44)40-31-11-5-2-6-12-31/h1,3-4,7-10,13-21,23,31,34H,2,5-6,11-12,22,24-25H2,(H,40,44)/t34-/m0/s1. The van der Waals surface area contributed by atoms with Gasteiger partial charge < -0.3 is 10.2 Å². The van der Waals surface area contributed by atoms with Crippen molar-refractivity contribution < 1.29 is 22.4 Å². The number of hydrogen-bond acceptors (Lipinski definition) is 4. The number of rotatable bonds is 12. The quantitative estimate of drug-likeness (QED) is 0.167. The maximum Gasteiger partial charge on any atom is 0.264 e. The number of amides is 2. The van der Waals surface area contributed by atoms with E-state index in [4.69, 9.17) is 23.2 Å². The predicted octanol–water partition coefficient (Wildman–Crippen LogP) is 7.42. The van der Waals surface area contributed by atoms with E-state index < -0.39 is 34.3 Å². The van der Waals surface area contributed by atoms with E-state index in [1.54, 1.807) is 30.3 Å². The Kier molecular flexibility index (Phi) is 11.6. The third-order valence-electron chi connectivity index (χ3n) is 8.27. The zero-order valence-electron chi connectivity index (χ0n) is 25.7. The van der Waals surface area contributed by atoms with Gasteiger partial charge in [0.25, 0.3) is 10.0 Å². The maximum atomic E-state index is 14.6. The molecular formula is C36H36Cl2FN3O4S. The van der Waals surface area contributed by atoms with Crippen molar-refractivity contribution in [2.45, 2.75) is 62.0 Å². The Hall–Kier alpha value is -3.92. The zero-order chi connectivity index (χ0) is 33.4. The summed E-state index contributed by atoms with van der Waals surface area (Å²) in [7, 11) is -4.30. The molecule has 246 valence electrons. The summed E-state index contributed by atoms with van der Waals surface area (Å²) in [4.78, 5) is 30.0. The molecule has 11 heteroatoms. The molecule has 0 radical (unpaired) electrons. The summed E-state index contributed by atoms with van der Waals surface area (Å²) in [6.45, 7) is -0.687. The van der Waals surface area contributed by atoms with E-state index in [0.717, 1.165) is 42.0 Å². The fourth-order valence-corrected chi connectivity index (χ4v) is 7.50. The van der Waals surface area contributed by atoms with Crippen LogP contribution in [0.3, 0.4) is 0 Å². The Bertz CT molecular complexity index is 1770. The van der Waals surface area contributed by atoms with Crippen molar-refractivity contribution in [2.24, 2.45) is 0 Å². The first kappa shape index (κ1) is 34.4. The number of halogens is 3. The van der Waals surface area contributed by atoms with Crippen LogP contribution in [0.5, 0.6) is 0 Å². The lowest BCUT2D eigenvalue weighted by atomic mass is 9.94. The van der Waals surface area contributed by atoms with Gasteiger partial charge in [0, 0.05) is 29.1 Å². The highest BCUT2D eigenvalue weighted by Gasteiger charge is 2.35. The Labute approximate surface area is 285 Å². The number of hydrogen-bond donors (Lipinski definition) is 1.